The molecule has 2 aromatic rings. The monoisotopic (exact) mass is 309 g/mol. The molecule has 0 saturated carbocycles. The second-order valence-electron chi connectivity index (χ2n) is 4.27. The van der Waals surface area contributed by atoms with Gasteiger partial charge in [0.2, 0.25) is 0 Å². The maximum atomic E-state index is 12.1. The summed E-state index contributed by atoms with van der Waals surface area (Å²) >= 11 is 0. The van der Waals surface area contributed by atoms with Crippen LogP contribution in [0.3, 0.4) is 0 Å². The van der Waals surface area contributed by atoms with Crippen LogP contribution in [0.15, 0.2) is 53.5 Å². The van der Waals surface area contributed by atoms with Crippen LogP contribution >= 0.6 is 0 Å². The van der Waals surface area contributed by atoms with Gasteiger partial charge in [-0.15, -0.1) is 13.2 Å². The first-order chi connectivity index (χ1) is 10.5. The van der Waals surface area contributed by atoms with Gasteiger partial charge in [-0.05, 0) is 43.3 Å². The van der Waals surface area contributed by atoms with Crippen LogP contribution in [0.25, 0.3) is 0 Å². The van der Waals surface area contributed by atoms with Crippen LogP contribution in [-0.4, -0.2) is 19.2 Å². The molecule has 0 aliphatic heterocycles. The van der Waals surface area contributed by atoms with E-state index >= 15 is 0 Å². The molecule has 116 valence electrons. The lowest BCUT2D eigenvalue weighted by atomic mass is 10.2. The maximum absolute atomic E-state index is 12.1. The molecule has 0 amide bonds. The summed E-state index contributed by atoms with van der Waals surface area (Å²) in [6, 6.07) is 12.7. The molecule has 0 bridgehead atoms. The van der Waals surface area contributed by atoms with E-state index in [2.05, 4.69) is 9.73 Å². The van der Waals surface area contributed by atoms with Crippen LogP contribution in [0.5, 0.6) is 11.5 Å². The van der Waals surface area contributed by atoms with Crippen molar-refractivity contribution in [2.24, 2.45) is 4.99 Å². The smallest absolute Gasteiger partial charge is 0.493 e. The molecule has 0 aromatic heterocycles. The van der Waals surface area contributed by atoms with Crippen LogP contribution in [0.1, 0.15) is 12.5 Å². The third kappa shape index (κ3) is 4.80. The number of nitrogens with zero attached hydrogens (tertiary/aromatic N) is 1. The molecule has 0 N–H and O–H groups in total. The van der Waals surface area contributed by atoms with Crippen molar-refractivity contribution in [1.29, 1.82) is 0 Å². The van der Waals surface area contributed by atoms with Crippen LogP contribution in [-0.2, 0) is 0 Å². The van der Waals surface area contributed by atoms with E-state index < -0.39 is 6.36 Å². The standard InChI is InChI=1S/C16H14F3NO2/c1-2-21-15-6-4-3-5-12(15)11-20-13-7-9-14(10-8-13)22-16(17,18)19/h3-11H,2H2,1H3. The molecule has 0 fully saturated rings. The van der Waals surface area contributed by atoms with Crippen molar-refractivity contribution >= 4 is 11.9 Å². The molecule has 2 rings (SSSR count). The number of ether oxygens (including phenoxy) is 2. The van der Waals surface area contributed by atoms with Crippen LogP contribution in [0.4, 0.5) is 18.9 Å². The second kappa shape index (κ2) is 6.98. The van der Waals surface area contributed by atoms with Gasteiger partial charge in [0, 0.05) is 11.8 Å². The van der Waals surface area contributed by atoms with Crippen molar-refractivity contribution in [2.45, 2.75) is 13.3 Å². The van der Waals surface area contributed by atoms with Gasteiger partial charge in [0.1, 0.15) is 11.5 Å². The van der Waals surface area contributed by atoms with E-state index in [0.29, 0.717) is 18.0 Å². The average Bonchev–Trinajstić information content (AvgIpc) is 2.47. The Morgan fingerprint density at radius 1 is 1.05 bits per heavy atom. The Labute approximate surface area is 126 Å². The summed E-state index contributed by atoms with van der Waals surface area (Å²) in [4.78, 5) is 4.22. The Hall–Kier alpha value is -2.50. The van der Waals surface area contributed by atoms with Crippen molar-refractivity contribution in [3.8, 4) is 11.5 Å². The summed E-state index contributed by atoms with van der Waals surface area (Å²) in [5.74, 6) is 0.423. The molecular weight excluding hydrogens is 295 g/mol. The predicted molar refractivity (Wildman–Crippen MR) is 78.0 cm³/mol. The third-order valence-corrected chi connectivity index (χ3v) is 2.64. The topological polar surface area (TPSA) is 30.8 Å². The van der Waals surface area contributed by atoms with E-state index in [-0.39, 0.29) is 5.75 Å². The Kier molecular flexibility index (Phi) is 5.04. The fraction of sp³-hybridized carbons (Fsp3) is 0.188. The lowest BCUT2D eigenvalue weighted by molar-refractivity contribution is -0.274. The highest BCUT2D eigenvalue weighted by Gasteiger charge is 2.30. The summed E-state index contributed by atoms with van der Waals surface area (Å²) in [6.07, 6.45) is -3.09. The van der Waals surface area contributed by atoms with Gasteiger partial charge in [0.05, 0.1) is 12.3 Å². The van der Waals surface area contributed by atoms with Crippen molar-refractivity contribution in [1.82, 2.24) is 0 Å². The Bertz CT molecular complexity index is 637. The van der Waals surface area contributed by atoms with Gasteiger partial charge in [-0.2, -0.15) is 0 Å². The normalized spacial score (nSPS) is 11.6. The van der Waals surface area contributed by atoms with Crippen LogP contribution < -0.4 is 9.47 Å². The zero-order valence-corrected chi connectivity index (χ0v) is 11.8. The molecule has 0 saturated heterocycles. The zero-order valence-electron chi connectivity index (χ0n) is 11.8. The molecule has 2 aromatic carbocycles. The van der Waals surface area contributed by atoms with Crippen molar-refractivity contribution in [3.05, 3.63) is 54.1 Å². The molecule has 6 heteroatoms. The number of hydrogen-bond acceptors (Lipinski definition) is 3. The summed E-state index contributed by atoms with van der Waals surface area (Å²) in [5, 5.41) is 0. The lowest BCUT2D eigenvalue weighted by Gasteiger charge is -2.08. The predicted octanol–water partition coefficient (Wildman–Crippen LogP) is 4.73. The average molecular weight is 309 g/mol. The van der Waals surface area contributed by atoms with E-state index in [4.69, 9.17) is 4.74 Å². The highest BCUT2D eigenvalue weighted by molar-refractivity contribution is 5.85. The van der Waals surface area contributed by atoms with Crippen LogP contribution in [0.2, 0.25) is 0 Å². The van der Waals surface area contributed by atoms with E-state index in [1.807, 2.05) is 31.2 Å². The molecule has 0 spiro atoms. The number of rotatable bonds is 5. The minimum Gasteiger partial charge on any atom is -0.493 e. The fourth-order valence-corrected chi connectivity index (χ4v) is 1.75. The first kappa shape index (κ1) is 15.9. The third-order valence-electron chi connectivity index (χ3n) is 2.64. The Balaban J connectivity index is 2.11. The minimum absolute atomic E-state index is 0.277. The van der Waals surface area contributed by atoms with E-state index in [1.54, 1.807) is 6.21 Å². The highest BCUT2D eigenvalue weighted by atomic mass is 19.4. The zero-order chi connectivity index (χ0) is 16.0. The van der Waals surface area contributed by atoms with Gasteiger partial charge in [-0.25, -0.2) is 0 Å². The van der Waals surface area contributed by atoms with Crippen molar-refractivity contribution < 1.29 is 22.6 Å². The largest absolute Gasteiger partial charge is 0.573 e. The van der Waals surface area contributed by atoms with E-state index in [0.717, 1.165) is 5.56 Å². The molecule has 0 aliphatic carbocycles. The molecule has 0 atom stereocenters. The number of hydrogen-bond donors (Lipinski definition) is 0. The van der Waals surface area contributed by atoms with Gasteiger partial charge in [-0.1, -0.05) is 12.1 Å². The summed E-state index contributed by atoms with van der Waals surface area (Å²) in [7, 11) is 0. The SMILES string of the molecule is CCOc1ccccc1C=Nc1ccc(OC(F)(F)F)cc1. The molecule has 0 aliphatic rings. The first-order valence-corrected chi connectivity index (χ1v) is 6.59. The van der Waals surface area contributed by atoms with Gasteiger partial charge >= 0.3 is 6.36 Å². The highest BCUT2D eigenvalue weighted by Crippen LogP contribution is 2.25. The van der Waals surface area contributed by atoms with Gasteiger partial charge in [-0.3, -0.25) is 4.99 Å². The van der Waals surface area contributed by atoms with Crippen molar-refractivity contribution in [3.63, 3.8) is 0 Å². The van der Waals surface area contributed by atoms with E-state index in [1.165, 1.54) is 24.3 Å². The van der Waals surface area contributed by atoms with Crippen molar-refractivity contribution in [2.75, 3.05) is 6.61 Å². The Morgan fingerprint density at radius 3 is 2.36 bits per heavy atom. The minimum atomic E-state index is -4.69. The fourth-order valence-electron chi connectivity index (χ4n) is 1.75. The summed E-state index contributed by atoms with van der Waals surface area (Å²) in [5.41, 5.74) is 1.31. The molecule has 0 radical (unpaired) electrons. The molecule has 0 unspecified atom stereocenters. The molecular formula is C16H14F3NO2. The first-order valence-electron chi connectivity index (χ1n) is 6.59. The number of para-hydroxylation sites is 1. The summed E-state index contributed by atoms with van der Waals surface area (Å²) in [6.45, 7) is 2.42. The molecule has 22 heavy (non-hydrogen) atoms. The van der Waals surface area contributed by atoms with Crippen LogP contribution in [0, 0.1) is 0 Å². The number of aliphatic imine (C=N–C) groups is 1. The Morgan fingerprint density at radius 2 is 1.73 bits per heavy atom. The maximum Gasteiger partial charge on any atom is 0.573 e. The quantitative estimate of drug-likeness (QED) is 0.747. The van der Waals surface area contributed by atoms with Gasteiger partial charge in [0.25, 0.3) is 0 Å². The number of benzene rings is 2. The van der Waals surface area contributed by atoms with Gasteiger partial charge < -0.3 is 9.47 Å². The van der Waals surface area contributed by atoms with Gasteiger partial charge in [0.15, 0.2) is 0 Å². The van der Waals surface area contributed by atoms with E-state index in [9.17, 15) is 13.2 Å². The number of halogens is 3. The molecule has 3 nitrogen and oxygen atoms in total. The lowest BCUT2D eigenvalue weighted by Crippen LogP contribution is -2.16. The summed E-state index contributed by atoms with van der Waals surface area (Å²) < 4.78 is 45.4. The second-order valence-corrected chi connectivity index (χ2v) is 4.27. The number of alkyl halides is 3. The molecule has 0 heterocycles.